The van der Waals surface area contributed by atoms with Crippen LogP contribution in [0.2, 0.25) is 10.0 Å². The van der Waals surface area contributed by atoms with Gasteiger partial charge in [0, 0.05) is 22.6 Å². The van der Waals surface area contributed by atoms with Crippen molar-refractivity contribution < 1.29 is 0 Å². The van der Waals surface area contributed by atoms with E-state index in [4.69, 9.17) is 23.2 Å². The SMILES string of the molecule is CN(Cc1ccc(Cl)cc1Cl)C1CCCNCC1.Cl. The normalized spacial score (nSPS) is 19.9. The quantitative estimate of drug-likeness (QED) is 0.905. The topological polar surface area (TPSA) is 15.3 Å². The molecule has 2 nitrogen and oxygen atoms in total. The minimum atomic E-state index is 0. The van der Waals surface area contributed by atoms with Gasteiger partial charge in [-0.2, -0.15) is 0 Å². The lowest BCUT2D eigenvalue weighted by atomic mass is 10.1. The molecular formula is C14H21Cl3N2. The Balaban J connectivity index is 0.00000180. The molecule has 5 heteroatoms. The van der Waals surface area contributed by atoms with E-state index in [9.17, 15) is 0 Å². The van der Waals surface area contributed by atoms with Gasteiger partial charge in [0.2, 0.25) is 0 Å². The highest BCUT2D eigenvalue weighted by Crippen LogP contribution is 2.23. The summed E-state index contributed by atoms with van der Waals surface area (Å²) in [5.74, 6) is 0. The molecule has 0 spiro atoms. The van der Waals surface area contributed by atoms with Crippen molar-refractivity contribution in [3.8, 4) is 0 Å². The molecule has 1 unspecified atom stereocenters. The van der Waals surface area contributed by atoms with E-state index in [-0.39, 0.29) is 12.4 Å². The Morgan fingerprint density at radius 3 is 2.79 bits per heavy atom. The van der Waals surface area contributed by atoms with Crippen LogP contribution in [-0.4, -0.2) is 31.1 Å². The number of halogens is 3. The third-order valence-corrected chi connectivity index (χ3v) is 4.19. The van der Waals surface area contributed by atoms with Gasteiger partial charge >= 0.3 is 0 Å². The van der Waals surface area contributed by atoms with Crippen LogP contribution < -0.4 is 5.32 Å². The number of hydrogen-bond donors (Lipinski definition) is 1. The highest BCUT2D eigenvalue weighted by molar-refractivity contribution is 6.35. The molecule has 1 aromatic carbocycles. The number of nitrogens with zero attached hydrogens (tertiary/aromatic N) is 1. The van der Waals surface area contributed by atoms with Crippen molar-refractivity contribution in [2.75, 3.05) is 20.1 Å². The molecule has 1 saturated heterocycles. The molecule has 1 heterocycles. The number of nitrogens with one attached hydrogen (secondary N) is 1. The summed E-state index contributed by atoms with van der Waals surface area (Å²) in [6.45, 7) is 3.15. The minimum absolute atomic E-state index is 0. The molecule has 0 amide bonds. The fourth-order valence-corrected chi connectivity index (χ4v) is 2.96. The molecule has 0 bridgehead atoms. The lowest BCUT2D eigenvalue weighted by molar-refractivity contribution is 0.216. The Morgan fingerprint density at radius 2 is 2.05 bits per heavy atom. The fourth-order valence-electron chi connectivity index (χ4n) is 2.49. The molecule has 0 saturated carbocycles. The minimum Gasteiger partial charge on any atom is -0.317 e. The van der Waals surface area contributed by atoms with Crippen LogP contribution in [0.3, 0.4) is 0 Å². The summed E-state index contributed by atoms with van der Waals surface area (Å²) in [5, 5.41) is 4.91. The smallest absolute Gasteiger partial charge is 0.0465 e. The van der Waals surface area contributed by atoms with Crippen molar-refractivity contribution in [1.29, 1.82) is 0 Å². The predicted molar refractivity (Wildman–Crippen MR) is 85.7 cm³/mol. The first-order chi connectivity index (χ1) is 8.66. The third-order valence-electron chi connectivity index (χ3n) is 3.60. The van der Waals surface area contributed by atoms with Crippen LogP contribution in [0.5, 0.6) is 0 Å². The fraction of sp³-hybridized carbons (Fsp3) is 0.571. The first kappa shape index (κ1) is 17.1. The summed E-state index contributed by atoms with van der Waals surface area (Å²) in [6.07, 6.45) is 3.72. The Labute approximate surface area is 131 Å². The zero-order valence-corrected chi connectivity index (χ0v) is 13.5. The van der Waals surface area contributed by atoms with Gasteiger partial charge < -0.3 is 5.32 Å². The second-order valence-corrected chi connectivity index (χ2v) is 5.83. The van der Waals surface area contributed by atoms with Gasteiger partial charge in [-0.05, 0) is 57.1 Å². The maximum Gasteiger partial charge on any atom is 0.0465 e. The molecule has 0 radical (unpaired) electrons. The molecule has 19 heavy (non-hydrogen) atoms. The molecule has 108 valence electrons. The van der Waals surface area contributed by atoms with Crippen molar-refractivity contribution >= 4 is 35.6 Å². The van der Waals surface area contributed by atoms with Crippen LogP contribution in [0, 0.1) is 0 Å². The van der Waals surface area contributed by atoms with Crippen molar-refractivity contribution in [3.05, 3.63) is 33.8 Å². The summed E-state index contributed by atoms with van der Waals surface area (Å²) >= 11 is 12.1. The Bertz CT molecular complexity index is 390. The maximum absolute atomic E-state index is 6.22. The second-order valence-electron chi connectivity index (χ2n) is 4.99. The number of benzene rings is 1. The van der Waals surface area contributed by atoms with Gasteiger partial charge in [0.25, 0.3) is 0 Å². The van der Waals surface area contributed by atoms with Gasteiger partial charge in [-0.1, -0.05) is 29.3 Å². The average molecular weight is 324 g/mol. The van der Waals surface area contributed by atoms with Gasteiger partial charge in [0.1, 0.15) is 0 Å². The second kappa shape index (κ2) is 8.33. The summed E-state index contributed by atoms with van der Waals surface area (Å²) < 4.78 is 0. The van der Waals surface area contributed by atoms with Crippen molar-refractivity contribution in [2.24, 2.45) is 0 Å². The van der Waals surface area contributed by atoms with E-state index in [0.717, 1.165) is 30.2 Å². The lowest BCUT2D eigenvalue weighted by Gasteiger charge is -2.27. The van der Waals surface area contributed by atoms with Gasteiger partial charge in [0.15, 0.2) is 0 Å². The summed E-state index contributed by atoms with van der Waals surface area (Å²) in [7, 11) is 2.18. The van der Waals surface area contributed by atoms with Crippen molar-refractivity contribution in [1.82, 2.24) is 10.2 Å². The van der Waals surface area contributed by atoms with Gasteiger partial charge in [-0.3, -0.25) is 4.90 Å². The van der Waals surface area contributed by atoms with E-state index in [0.29, 0.717) is 11.1 Å². The Hall–Kier alpha value is 0.01000. The monoisotopic (exact) mass is 322 g/mol. The Kier molecular flexibility index (Phi) is 7.48. The van der Waals surface area contributed by atoms with Gasteiger partial charge in [-0.25, -0.2) is 0 Å². The van der Waals surface area contributed by atoms with E-state index in [1.165, 1.54) is 19.3 Å². The predicted octanol–water partition coefficient (Wildman–Crippen LogP) is 3.99. The summed E-state index contributed by atoms with van der Waals surface area (Å²) in [6, 6.07) is 6.40. The molecule has 2 rings (SSSR count). The van der Waals surface area contributed by atoms with E-state index in [1.54, 1.807) is 0 Å². The first-order valence-corrected chi connectivity index (χ1v) is 7.27. The zero-order chi connectivity index (χ0) is 13.0. The lowest BCUT2D eigenvalue weighted by Crippen LogP contribution is -2.32. The van der Waals surface area contributed by atoms with Crippen LogP contribution in [-0.2, 0) is 6.54 Å². The number of rotatable bonds is 3. The molecular weight excluding hydrogens is 303 g/mol. The molecule has 1 fully saturated rings. The highest BCUT2D eigenvalue weighted by atomic mass is 35.5. The standard InChI is InChI=1S/C14H20Cl2N2.ClH/c1-18(13-3-2-7-17-8-6-13)10-11-4-5-12(15)9-14(11)16;/h4-5,9,13,17H,2-3,6-8,10H2,1H3;1H. The highest BCUT2D eigenvalue weighted by Gasteiger charge is 2.17. The van der Waals surface area contributed by atoms with Crippen LogP contribution in [0.15, 0.2) is 18.2 Å². The van der Waals surface area contributed by atoms with Crippen LogP contribution in [0.4, 0.5) is 0 Å². The molecule has 1 N–H and O–H groups in total. The van der Waals surface area contributed by atoms with Crippen molar-refractivity contribution in [3.63, 3.8) is 0 Å². The van der Waals surface area contributed by atoms with Crippen LogP contribution in [0.1, 0.15) is 24.8 Å². The van der Waals surface area contributed by atoms with Crippen molar-refractivity contribution in [2.45, 2.75) is 31.8 Å². The van der Waals surface area contributed by atoms with E-state index < -0.39 is 0 Å². The van der Waals surface area contributed by atoms with Gasteiger partial charge in [-0.15, -0.1) is 12.4 Å². The summed E-state index contributed by atoms with van der Waals surface area (Å²) in [4.78, 5) is 2.40. The Morgan fingerprint density at radius 1 is 1.26 bits per heavy atom. The first-order valence-electron chi connectivity index (χ1n) is 6.51. The third kappa shape index (κ3) is 5.13. The molecule has 1 aromatic rings. The van der Waals surface area contributed by atoms with Crippen LogP contribution >= 0.6 is 35.6 Å². The largest absolute Gasteiger partial charge is 0.317 e. The number of hydrogen-bond acceptors (Lipinski definition) is 2. The summed E-state index contributed by atoms with van der Waals surface area (Å²) in [5.41, 5.74) is 1.15. The van der Waals surface area contributed by atoms with Crippen LogP contribution in [0.25, 0.3) is 0 Å². The molecule has 1 aliphatic heterocycles. The molecule has 0 aromatic heterocycles. The maximum atomic E-state index is 6.22. The molecule has 0 aliphatic carbocycles. The van der Waals surface area contributed by atoms with Gasteiger partial charge in [0.05, 0.1) is 0 Å². The van der Waals surface area contributed by atoms with E-state index in [2.05, 4.69) is 17.3 Å². The molecule has 1 aliphatic rings. The van der Waals surface area contributed by atoms with E-state index in [1.807, 2.05) is 18.2 Å². The zero-order valence-electron chi connectivity index (χ0n) is 11.2. The van der Waals surface area contributed by atoms with E-state index >= 15 is 0 Å². The average Bonchev–Trinajstić information content (AvgIpc) is 2.61. The molecule has 1 atom stereocenters.